The van der Waals surface area contributed by atoms with Gasteiger partial charge in [0.05, 0.1) is 0 Å². The molecule has 0 fully saturated rings. The molecule has 0 spiro atoms. The van der Waals surface area contributed by atoms with Gasteiger partial charge in [-0.2, -0.15) is 4.98 Å². The van der Waals surface area contributed by atoms with Crippen LogP contribution in [-0.4, -0.2) is 33.9 Å². The van der Waals surface area contributed by atoms with Crippen LogP contribution >= 0.6 is 0 Å². The summed E-state index contributed by atoms with van der Waals surface area (Å²) in [6.45, 7) is 4.66. The van der Waals surface area contributed by atoms with E-state index in [2.05, 4.69) is 25.6 Å². The Bertz CT molecular complexity index is 1150. The number of amides is 1. The van der Waals surface area contributed by atoms with Crippen molar-refractivity contribution in [1.29, 1.82) is 0 Å². The number of carbonyl (C=O) groups is 1. The zero-order valence-corrected chi connectivity index (χ0v) is 17.4. The lowest BCUT2D eigenvalue weighted by atomic mass is 9.99. The molecule has 1 aliphatic heterocycles. The summed E-state index contributed by atoms with van der Waals surface area (Å²) < 4.78 is 14.1. The minimum Gasteiger partial charge on any atom is -0.337 e. The number of halogens is 1. The summed E-state index contributed by atoms with van der Waals surface area (Å²) in [6, 6.07) is 12.4. The van der Waals surface area contributed by atoms with E-state index in [0.29, 0.717) is 37.0 Å². The van der Waals surface area contributed by atoms with Crippen LogP contribution in [0.3, 0.4) is 0 Å². The molecule has 0 saturated carbocycles. The van der Waals surface area contributed by atoms with E-state index < -0.39 is 0 Å². The van der Waals surface area contributed by atoms with Crippen LogP contribution in [0.25, 0.3) is 5.57 Å². The predicted octanol–water partition coefficient (Wildman–Crippen LogP) is 4.31. The topological polar surface area (TPSA) is 83.0 Å². The Hall–Kier alpha value is -3.81. The van der Waals surface area contributed by atoms with Crippen molar-refractivity contribution in [1.82, 2.24) is 15.0 Å². The quantitative estimate of drug-likeness (QED) is 0.642. The van der Waals surface area contributed by atoms with Crippen LogP contribution in [0.4, 0.5) is 27.7 Å². The Labute approximate surface area is 180 Å². The van der Waals surface area contributed by atoms with Crippen LogP contribution in [0.15, 0.2) is 54.9 Å². The fourth-order valence-corrected chi connectivity index (χ4v) is 3.53. The van der Waals surface area contributed by atoms with Crippen molar-refractivity contribution in [3.05, 3.63) is 71.8 Å². The Morgan fingerprint density at radius 2 is 1.90 bits per heavy atom. The number of hydrogen-bond donors (Lipinski definition) is 2. The predicted molar refractivity (Wildman–Crippen MR) is 120 cm³/mol. The van der Waals surface area contributed by atoms with Gasteiger partial charge in [0.1, 0.15) is 12.1 Å². The molecule has 0 unspecified atom stereocenters. The molecular weight excluding hydrogens is 395 g/mol. The largest absolute Gasteiger partial charge is 0.337 e. The zero-order valence-electron chi connectivity index (χ0n) is 17.4. The van der Waals surface area contributed by atoms with Gasteiger partial charge in [-0.3, -0.25) is 4.79 Å². The molecule has 4 rings (SSSR count). The lowest BCUT2D eigenvalue weighted by molar-refractivity contribution is -0.114. The Balaban J connectivity index is 1.50. The number of benzene rings is 2. The van der Waals surface area contributed by atoms with E-state index in [1.54, 1.807) is 12.1 Å². The smallest absolute Gasteiger partial charge is 0.232 e. The van der Waals surface area contributed by atoms with E-state index >= 15 is 0 Å². The van der Waals surface area contributed by atoms with Gasteiger partial charge >= 0.3 is 0 Å². The first-order valence-corrected chi connectivity index (χ1v) is 10.0. The van der Waals surface area contributed by atoms with Gasteiger partial charge in [-0.05, 0) is 42.7 Å². The number of carbonyl (C=O) groups excluding carboxylic acids is 1. The Morgan fingerprint density at radius 1 is 1.10 bits per heavy atom. The number of hydrogen-bond acceptors (Lipinski definition) is 6. The fraction of sp³-hybridized carbons (Fsp3) is 0.217. The molecule has 31 heavy (non-hydrogen) atoms. The minimum atomic E-state index is -0.203. The third kappa shape index (κ3) is 4.69. The second-order valence-corrected chi connectivity index (χ2v) is 7.30. The molecule has 158 valence electrons. The molecule has 2 N–H and O–H groups in total. The number of anilines is 4. The van der Waals surface area contributed by atoms with Gasteiger partial charge in [0.15, 0.2) is 0 Å². The minimum absolute atomic E-state index is 0.129. The number of nitrogens with one attached hydrogen (secondary N) is 2. The van der Waals surface area contributed by atoms with Gasteiger partial charge < -0.3 is 15.5 Å². The molecule has 8 heteroatoms. The first-order chi connectivity index (χ1) is 15.0. The van der Waals surface area contributed by atoms with Crippen molar-refractivity contribution in [2.24, 2.45) is 0 Å². The van der Waals surface area contributed by atoms with Crippen molar-refractivity contribution in [2.45, 2.75) is 20.3 Å². The van der Waals surface area contributed by atoms with Gasteiger partial charge in [-0.1, -0.05) is 30.3 Å². The van der Waals surface area contributed by atoms with E-state index in [1.807, 2.05) is 42.2 Å². The van der Waals surface area contributed by atoms with Gasteiger partial charge in [-0.25, -0.2) is 14.4 Å². The van der Waals surface area contributed by atoms with Crippen molar-refractivity contribution >= 4 is 34.8 Å². The summed E-state index contributed by atoms with van der Waals surface area (Å²) in [5.74, 6) is 0.635. The molecule has 0 aliphatic carbocycles. The average Bonchev–Trinajstić information content (AvgIpc) is 2.77. The summed E-state index contributed by atoms with van der Waals surface area (Å²) in [5.41, 5.74) is 4.05. The molecular formula is C23H23FN6O. The molecule has 7 nitrogen and oxygen atoms in total. The first-order valence-electron chi connectivity index (χ1n) is 10.0. The second-order valence-electron chi connectivity index (χ2n) is 7.30. The average molecular weight is 418 g/mol. The van der Waals surface area contributed by atoms with E-state index in [4.69, 9.17) is 0 Å². The number of rotatable bonds is 5. The first kappa shape index (κ1) is 20.5. The van der Waals surface area contributed by atoms with Crippen LogP contribution in [-0.2, 0) is 4.79 Å². The Kier molecular flexibility index (Phi) is 5.88. The van der Waals surface area contributed by atoms with Crippen molar-refractivity contribution < 1.29 is 9.18 Å². The molecule has 2 heterocycles. The van der Waals surface area contributed by atoms with Crippen molar-refractivity contribution in [3.63, 3.8) is 0 Å². The lowest BCUT2D eigenvalue weighted by Gasteiger charge is -2.26. The van der Waals surface area contributed by atoms with E-state index in [1.165, 1.54) is 19.3 Å². The van der Waals surface area contributed by atoms with Gasteiger partial charge in [-0.15, -0.1) is 0 Å². The molecule has 1 amide bonds. The SMILES string of the molecule is CC(=O)Nc1cccc(Nc2ncnc(N3CC=C(c4ccccc4F)CC3)n2)c1C. The summed E-state index contributed by atoms with van der Waals surface area (Å²) in [4.78, 5) is 26.5. The third-order valence-corrected chi connectivity index (χ3v) is 5.16. The maximum absolute atomic E-state index is 14.1. The van der Waals surface area contributed by atoms with Crippen LogP contribution in [0, 0.1) is 12.7 Å². The molecule has 0 radical (unpaired) electrons. The summed E-state index contributed by atoms with van der Waals surface area (Å²) >= 11 is 0. The van der Waals surface area contributed by atoms with E-state index in [9.17, 15) is 9.18 Å². The zero-order chi connectivity index (χ0) is 21.8. The highest BCUT2D eigenvalue weighted by atomic mass is 19.1. The standard InChI is InChI=1S/C23H23FN6O/c1-15-20(27-16(2)31)8-5-9-21(15)28-22-25-14-26-23(29-22)30-12-10-17(11-13-30)18-6-3-4-7-19(18)24/h3-10,14H,11-13H2,1-2H3,(H,27,31)(H,25,26,28,29). The van der Waals surface area contributed by atoms with Crippen LogP contribution < -0.4 is 15.5 Å². The molecule has 0 bridgehead atoms. The van der Waals surface area contributed by atoms with Gasteiger partial charge in [0.2, 0.25) is 17.8 Å². The summed E-state index contributed by atoms with van der Waals surface area (Å²) in [6.07, 6.45) is 4.18. The van der Waals surface area contributed by atoms with Crippen molar-refractivity contribution in [3.8, 4) is 0 Å². The van der Waals surface area contributed by atoms with E-state index in [0.717, 1.165) is 22.5 Å². The highest BCUT2D eigenvalue weighted by molar-refractivity contribution is 5.90. The summed E-state index contributed by atoms with van der Waals surface area (Å²) in [7, 11) is 0. The second kappa shape index (κ2) is 8.91. The fourth-order valence-electron chi connectivity index (χ4n) is 3.53. The molecule has 1 aliphatic rings. The Morgan fingerprint density at radius 3 is 2.65 bits per heavy atom. The number of nitrogens with zero attached hydrogens (tertiary/aromatic N) is 4. The molecule has 2 aromatic carbocycles. The van der Waals surface area contributed by atoms with E-state index in [-0.39, 0.29) is 11.7 Å². The molecule has 0 atom stereocenters. The number of aromatic nitrogens is 3. The maximum Gasteiger partial charge on any atom is 0.232 e. The lowest BCUT2D eigenvalue weighted by Crippen LogP contribution is -2.30. The van der Waals surface area contributed by atoms with Gasteiger partial charge in [0, 0.05) is 37.0 Å². The third-order valence-electron chi connectivity index (χ3n) is 5.16. The highest BCUT2D eigenvalue weighted by Gasteiger charge is 2.18. The normalized spacial score (nSPS) is 13.5. The monoisotopic (exact) mass is 418 g/mol. The van der Waals surface area contributed by atoms with Gasteiger partial charge in [0.25, 0.3) is 0 Å². The summed E-state index contributed by atoms with van der Waals surface area (Å²) in [5, 5.41) is 6.01. The maximum atomic E-state index is 14.1. The van der Waals surface area contributed by atoms with Crippen LogP contribution in [0.5, 0.6) is 0 Å². The molecule has 0 saturated heterocycles. The molecule has 3 aromatic rings. The molecule has 1 aromatic heterocycles. The van der Waals surface area contributed by atoms with Crippen LogP contribution in [0.2, 0.25) is 0 Å². The van der Waals surface area contributed by atoms with Crippen molar-refractivity contribution in [2.75, 3.05) is 28.6 Å². The highest BCUT2D eigenvalue weighted by Crippen LogP contribution is 2.28. The van der Waals surface area contributed by atoms with Crippen LogP contribution in [0.1, 0.15) is 24.5 Å².